The maximum absolute atomic E-state index is 6.05. The van der Waals surface area contributed by atoms with Crippen molar-refractivity contribution in [2.24, 2.45) is 0 Å². The van der Waals surface area contributed by atoms with Crippen molar-refractivity contribution >= 4 is 17.4 Å². The molecule has 0 radical (unpaired) electrons. The number of pyridine rings is 1. The van der Waals surface area contributed by atoms with Gasteiger partial charge in [0, 0.05) is 0 Å². The third-order valence-electron chi connectivity index (χ3n) is 3.06. The molecule has 1 aromatic heterocycles. The zero-order valence-electron chi connectivity index (χ0n) is 11.6. The van der Waals surface area contributed by atoms with E-state index in [9.17, 15) is 0 Å². The predicted octanol–water partition coefficient (Wildman–Crippen LogP) is 4.24. The average molecular weight is 291 g/mol. The minimum Gasteiger partial charge on any atom is -0.487 e. The first kappa shape index (κ1) is 14.7. The van der Waals surface area contributed by atoms with Gasteiger partial charge in [-0.2, -0.15) is 0 Å². The van der Waals surface area contributed by atoms with E-state index in [0.29, 0.717) is 23.1 Å². The van der Waals surface area contributed by atoms with Crippen LogP contribution in [0.4, 0.5) is 5.82 Å². The summed E-state index contributed by atoms with van der Waals surface area (Å²) in [6, 6.07) is 11.6. The minimum absolute atomic E-state index is 0.318. The normalized spacial score (nSPS) is 10.5. The Hall–Kier alpha value is -1.74. The van der Waals surface area contributed by atoms with Crippen molar-refractivity contribution < 1.29 is 4.74 Å². The summed E-state index contributed by atoms with van der Waals surface area (Å²) in [7, 11) is 0. The monoisotopic (exact) mass is 290 g/mol. The minimum atomic E-state index is 0.318. The molecule has 1 heterocycles. The molecule has 0 amide bonds. The summed E-state index contributed by atoms with van der Waals surface area (Å²) in [4.78, 5) is 4.17. The Morgan fingerprint density at radius 2 is 1.90 bits per heavy atom. The highest BCUT2D eigenvalue weighted by Gasteiger charge is 2.04. The van der Waals surface area contributed by atoms with Gasteiger partial charge in [0.15, 0.2) is 0 Å². The molecule has 0 unspecified atom stereocenters. The Kier molecular flexibility index (Phi) is 5.24. The molecule has 20 heavy (non-hydrogen) atoms. The van der Waals surface area contributed by atoms with Crippen molar-refractivity contribution in [3.63, 3.8) is 0 Å². The first-order chi connectivity index (χ1) is 9.69. The van der Waals surface area contributed by atoms with E-state index >= 15 is 0 Å². The molecule has 106 valence electrons. The van der Waals surface area contributed by atoms with E-state index in [0.717, 1.165) is 12.2 Å². The van der Waals surface area contributed by atoms with E-state index in [4.69, 9.17) is 22.1 Å². The number of ether oxygens (including phenoxy) is 1. The zero-order chi connectivity index (χ0) is 14.4. The van der Waals surface area contributed by atoms with Crippen LogP contribution in [0, 0.1) is 0 Å². The van der Waals surface area contributed by atoms with Gasteiger partial charge in [-0.3, -0.25) is 0 Å². The van der Waals surface area contributed by atoms with Gasteiger partial charge in [0.1, 0.15) is 18.2 Å². The van der Waals surface area contributed by atoms with Gasteiger partial charge < -0.3 is 10.5 Å². The summed E-state index contributed by atoms with van der Waals surface area (Å²) in [5.41, 5.74) is 7.62. The Morgan fingerprint density at radius 3 is 2.60 bits per heavy atom. The van der Waals surface area contributed by atoms with Crippen molar-refractivity contribution in [3.8, 4) is 5.75 Å². The standard InChI is InChI=1S/C16H19ClN2O/c1-2-3-4-12-5-7-13(8-6-12)20-11-15-14(17)9-10-16(18)19-15/h5-10H,2-4,11H2,1H3,(H2,18,19). The fourth-order valence-corrected chi connectivity index (χ4v) is 2.05. The van der Waals surface area contributed by atoms with E-state index in [1.165, 1.54) is 18.4 Å². The number of hydrogen-bond donors (Lipinski definition) is 1. The number of nitrogens with two attached hydrogens (primary N) is 1. The Labute approximate surface area is 124 Å². The van der Waals surface area contributed by atoms with Gasteiger partial charge in [-0.25, -0.2) is 4.98 Å². The van der Waals surface area contributed by atoms with Crippen LogP contribution in [-0.4, -0.2) is 4.98 Å². The van der Waals surface area contributed by atoms with Gasteiger partial charge in [-0.1, -0.05) is 37.1 Å². The number of rotatable bonds is 6. The molecule has 0 fully saturated rings. The number of aryl methyl sites for hydroxylation is 1. The van der Waals surface area contributed by atoms with Crippen LogP contribution >= 0.6 is 11.6 Å². The van der Waals surface area contributed by atoms with Crippen LogP contribution in [0.1, 0.15) is 31.0 Å². The van der Waals surface area contributed by atoms with Crippen LogP contribution in [0.2, 0.25) is 5.02 Å². The molecule has 0 bridgehead atoms. The number of aromatic nitrogens is 1. The fraction of sp³-hybridized carbons (Fsp3) is 0.312. The highest BCUT2D eigenvalue weighted by atomic mass is 35.5. The molecule has 0 spiro atoms. The third kappa shape index (κ3) is 4.14. The van der Waals surface area contributed by atoms with Crippen LogP contribution in [0.3, 0.4) is 0 Å². The molecule has 2 N–H and O–H groups in total. The molecule has 2 rings (SSSR count). The first-order valence-electron chi connectivity index (χ1n) is 6.81. The second kappa shape index (κ2) is 7.15. The average Bonchev–Trinajstić information content (AvgIpc) is 2.47. The SMILES string of the molecule is CCCCc1ccc(OCc2nc(N)ccc2Cl)cc1. The van der Waals surface area contributed by atoms with Crippen molar-refractivity contribution in [2.45, 2.75) is 32.8 Å². The molecule has 0 saturated carbocycles. The number of hydrogen-bond acceptors (Lipinski definition) is 3. The Morgan fingerprint density at radius 1 is 1.15 bits per heavy atom. The number of nitrogen functional groups attached to an aromatic ring is 1. The number of benzene rings is 1. The number of unbranched alkanes of at least 4 members (excludes halogenated alkanes) is 1. The maximum atomic E-state index is 6.05. The lowest BCUT2D eigenvalue weighted by atomic mass is 10.1. The lowest BCUT2D eigenvalue weighted by Gasteiger charge is -2.08. The lowest BCUT2D eigenvalue weighted by Crippen LogP contribution is -2.01. The second-order valence-corrected chi connectivity index (χ2v) is 5.11. The number of nitrogens with zero attached hydrogens (tertiary/aromatic N) is 1. The van der Waals surface area contributed by atoms with Crippen molar-refractivity contribution in [1.82, 2.24) is 4.98 Å². The van der Waals surface area contributed by atoms with Crippen LogP contribution in [0.25, 0.3) is 0 Å². The van der Waals surface area contributed by atoms with Gasteiger partial charge in [0.05, 0.1) is 10.7 Å². The molecule has 0 aliphatic carbocycles. The number of halogens is 1. The van der Waals surface area contributed by atoms with Crippen molar-refractivity contribution in [1.29, 1.82) is 0 Å². The molecule has 0 saturated heterocycles. The third-order valence-corrected chi connectivity index (χ3v) is 3.40. The molecule has 0 atom stereocenters. The summed E-state index contributed by atoms with van der Waals surface area (Å²) < 4.78 is 5.68. The Balaban J connectivity index is 1.95. The molecule has 0 aliphatic rings. The van der Waals surface area contributed by atoms with Gasteiger partial charge >= 0.3 is 0 Å². The van der Waals surface area contributed by atoms with Gasteiger partial charge in [0.25, 0.3) is 0 Å². The molecule has 3 nitrogen and oxygen atoms in total. The fourth-order valence-electron chi connectivity index (χ4n) is 1.89. The van der Waals surface area contributed by atoms with Gasteiger partial charge in [0.2, 0.25) is 0 Å². The zero-order valence-corrected chi connectivity index (χ0v) is 12.4. The summed E-state index contributed by atoms with van der Waals surface area (Å²) in [5.74, 6) is 1.26. The molecular formula is C16H19ClN2O. The van der Waals surface area contributed by atoms with E-state index in [1.54, 1.807) is 12.1 Å². The molecular weight excluding hydrogens is 272 g/mol. The van der Waals surface area contributed by atoms with Crippen LogP contribution in [0.5, 0.6) is 5.75 Å². The van der Waals surface area contributed by atoms with Crippen molar-refractivity contribution in [2.75, 3.05) is 5.73 Å². The topological polar surface area (TPSA) is 48.1 Å². The smallest absolute Gasteiger partial charge is 0.132 e. The van der Waals surface area contributed by atoms with Crippen LogP contribution < -0.4 is 10.5 Å². The highest BCUT2D eigenvalue weighted by molar-refractivity contribution is 6.31. The summed E-state index contributed by atoms with van der Waals surface area (Å²) >= 11 is 6.05. The number of anilines is 1. The van der Waals surface area contributed by atoms with Crippen LogP contribution in [-0.2, 0) is 13.0 Å². The summed E-state index contributed by atoms with van der Waals surface area (Å²) in [5, 5.41) is 0.568. The van der Waals surface area contributed by atoms with E-state index in [1.807, 2.05) is 12.1 Å². The van der Waals surface area contributed by atoms with Crippen LogP contribution in [0.15, 0.2) is 36.4 Å². The molecule has 1 aromatic carbocycles. The first-order valence-corrected chi connectivity index (χ1v) is 7.19. The summed E-state index contributed by atoms with van der Waals surface area (Å²) in [6.07, 6.45) is 3.53. The molecule has 4 heteroatoms. The van der Waals surface area contributed by atoms with E-state index in [-0.39, 0.29) is 0 Å². The summed E-state index contributed by atoms with van der Waals surface area (Å²) in [6.45, 7) is 2.51. The van der Waals surface area contributed by atoms with Crippen molar-refractivity contribution in [3.05, 3.63) is 52.7 Å². The predicted molar refractivity (Wildman–Crippen MR) is 83.0 cm³/mol. The van der Waals surface area contributed by atoms with E-state index in [2.05, 4.69) is 24.0 Å². The van der Waals surface area contributed by atoms with Gasteiger partial charge in [-0.05, 0) is 42.7 Å². The second-order valence-electron chi connectivity index (χ2n) is 4.70. The lowest BCUT2D eigenvalue weighted by molar-refractivity contribution is 0.301. The molecule has 0 aliphatic heterocycles. The van der Waals surface area contributed by atoms with Gasteiger partial charge in [-0.15, -0.1) is 0 Å². The largest absolute Gasteiger partial charge is 0.487 e. The Bertz CT molecular complexity index is 555. The quantitative estimate of drug-likeness (QED) is 0.865. The molecule has 2 aromatic rings. The maximum Gasteiger partial charge on any atom is 0.132 e. The van der Waals surface area contributed by atoms with E-state index < -0.39 is 0 Å². The highest BCUT2D eigenvalue weighted by Crippen LogP contribution is 2.19.